The maximum Gasteiger partial charge on any atom is 0.220 e. The van der Waals surface area contributed by atoms with E-state index in [1.165, 1.54) is 11.9 Å². The molecule has 0 radical (unpaired) electrons. The quantitative estimate of drug-likeness (QED) is 0.785. The molecule has 1 heterocycles. The molecule has 1 aromatic carbocycles. The van der Waals surface area contributed by atoms with Crippen LogP contribution in [0.1, 0.15) is 49.7 Å². The van der Waals surface area contributed by atoms with Gasteiger partial charge in [-0.1, -0.05) is 12.1 Å². The first-order valence-corrected chi connectivity index (χ1v) is 7.97. The van der Waals surface area contributed by atoms with Crippen molar-refractivity contribution < 1.29 is 9.53 Å². The number of aromatic nitrogens is 3. The van der Waals surface area contributed by atoms with Crippen LogP contribution >= 0.6 is 0 Å². The first kappa shape index (κ1) is 17.0. The number of hydrogen-bond donors (Lipinski definition) is 2. The Bertz CT molecular complexity index is 626. The second kappa shape index (κ2) is 8.31. The first-order valence-electron chi connectivity index (χ1n) is 7.97. The Labute approximate surface area is 136 Å². The minimum absolute atomic E-state index is 0.0246. The van der Waals surface area contributed by atoms with Crippen LogP contribution in [0.3, 0.4) is 0 Å². The van der Waals surface area contributed by atoms with Gasteiger partial charge in [0, 0.05) is 6.42 Å². The highest BCUT2D eigenvalue weighted by Crippen LogP contribution is 2.20. The predicted molar refractivity (Wildman–Crippen MR) is 88.2 cm³/mol. The third kappa shape index (κ3) is 5.09. The Balaban J connectivity index is 1.76. The fourth-order valence-corrected chi connectivity index (χ4v) is 2.44. The Kier molecular flexibility index (Phi) is 6.14. The standard InChI is InChI=1S/C17H24N4O2/c1-4-23-15-9-8-14(10-12(15)2)6-5-7-16(22)20-13(3)17-18-11-19-21-17/h8-11,13H,4-7H2,1-3H3,(H,20,22)(H,18,19,21). The summed E-state index contributed by atoms with van der Waals surface area (Å²) in [6, 6.07) is 6.03. The summed E-state index contributed by atoms with van der Waals surface area (Å²) in [5.74, 6) is 1.62. The highest BCUT2D eigenvalue weighted by molar-refractivity contribution is 5.76. The fourth-order valence-electron chi connectivity index (χ4n) is 2.44. The summed E-state index contributed by atoms with van der Waals surface area (Å²) >= 11 is 0. The normalized spacial score (nSPS) is 12.0. The molecule has 2 aromatic rings. The molecule has 0 spiro atoms. The smallest absolute Gasteiger partial charge is 0.220 e. The van der Waals surface area contributed by atoms with Crippen molar-refractivity contribution in [2.24, 2.45) is 0 Å². The van der Waals surface area contributed by atoms with E-state index in [0.717, 1.165) is 24.2 Å². The number of nitrogens with one attached hydrogen (secondary N) is 2. The third-order valence-electron chi connectivity index (χ3n) is 3.63. The maximum atomic E-state index is 12.0. The average molecular weight is 316 g/mol. The Morgan fingerprint density at radius 2 is 2.26 bits per heavy atom. The van der Waals surface area contributed by atoms with Crippen molar-refractivity contribution in [2.45, 2.75) is 46.1 Å². The van der Waals surface area contributed by atoms with Gasteiger partial charge < -0.3 is 10.1 Å². The zero-order valence-corrected chi connectivity index (χ0v) is 13.9. The molecule has 1 atom stereocenters. The van der Waals surface area contributed by atoms with Crippen molar-refractivity contribution in [3.8, 4) is 5.75 Å². The summed E-state index contributed by atoms with van der Waals surface area (Å²) in [7, 11) is 0. The summed E-state index contributed by atoms with van der Waals surface area (Å²) < 4.78 is 5.54. The van der Waals surface area contributed by atoms with Crippen LogP contribution in [-0.2, 0) is 11.2 Å². The predicted octanol–water partition coefficient (Wildman–Crippen LogP) is 2.71. The van der Waals surface area contributed by atoms with Crippen LogP contribution in [0.25, 0.3) is 0 Å². The highest BCUT2D eigenvalue weighted by atomic mass is 16.5. The number of H-pyrrole nitrogens is 1. The molecule has 1 amide bonds. The third-order valence-corrected chi connectivity index (χ3v) is 3.63. The molecule has 0 bridgehead atoms. The van der Waals surface area contributed by atoms with E-state index in [-0.39, 0.29) is 11.9 Å². The molecular formula is C17H24N4O2. The van der Waals surface area contributed by atoms with Crippen molar-refractivity contribution >= 4 is 5.91 Å². The van der Waals surface area contributed by atoms with Crippen molar-refractivity contribution in [1.82, 2.24) is 20.5 Å². The van der Waals surface area contributed by atoms with Crippen molar-refractivity contribution in [1.29, 1.82) is 0 Å². The van der Waals surface area contributed by atoms with Crippen LogP contribution in [0, 0.1) is 6.92 Å². The van der Waals surface area contributed by atoms with Gasteiger partial charge in [0.25, 0.3) is 0 Å². The van der Waals surface area contributed by atoms with Gasteiger partial charge in [0.15, 0.2) is 0 Å². The summed E-state index contributed by atoms with van der Waals surface area (Å²) in [5.41, 5.74) is 2.36. The molecule has 0 aliphatic carbocycles. The zero-order valence-electron chi connectivity index (χ0n) is 13.9. The lowest BCUT2D eigenvalue weighted by Crippen LogP contribution is -2.27. The summed E-state index contributed by atoms with van der Waals surface area (Å²) in [6.45, 7) is 6.57. The number of aryl methyl sites for hydroxylation is 2. The Hall–Kier alpha value is -2.37. The van der Waals surface area contributed by atoms with E-state index >= 15 is 0 Å². The molecule has 6 nitrogen and oxygen atoms in total. The van der Waals surface area contributed by atoms with Crippen molar-refractivity contribution in [2.75, 3.05) is 6.61 Å². The molecule has 23 heavy (non-hydrogen) atoms. The van der Waals surface area contributed by atoms with Gasteiger partial charge in [-0.05, 0) is 50.8 Å². The van der Waals surface area contributed by atoms with Crippen molar-refractivity contribution in [3.63, 3.8) is 0 Å². The zero-order chi connectivity index (χ0) is 16.7. The van der Waals surface area contributed by atoms with Gasteiger partial charge in [-0.3, -0.25) is 9.89 Å². The molecule has 2 rings (SSSR count). The topological polar surface area (TPSA) is 79.9 Å². The first-order chi connectivity index (χ1) is 11.1. The van der Waals surface area contributed by atoms with Crippen LogP contribution in [0.4, 0.5) is 0 Å². The largest absolute Gasteiger partial charge is 0.494 e. The van der Waals surface area contributed by atoms with Gasteiger partial charge in [0.2, 0.25) is 5.91 Å². The summed E-state index contributed by atoms with van der Waals surface area (Å²) in [4.78, 5) is 16.0. The van der Waals surface area contributed by atoms with E-state index in [1.807, 2.05) is 26.8 Å². The molecule has 0 saturated carbocycles. The lowest BCUT2D eigenvalue weighted by molar-refractivity contribution is -0.121. The van der Waals surface area contributed by atoms with Crippen LogP contribution in [0.5, 0.6) is 5.75 Å². The highest BCUT2D eigenvalue weighted by Gasteiger charge is 2.11. The number of ether oxygens (including phenoxy) is 1. The minimum atomic E-state index is -0.155. The molecular weight excluding hydrogens is 292 g/mol. The summed E-state index contributed by atoms with van der Waals surface area (Å²) in [5, 5.41) is 9.45. The number of benzene rings is 1. The molecule has 0 saturated heterocycles. The van der Waals surface area contributed by atoms with Crippen molar-refractivity contribution in [3.05, 3.63) is 41.5 Å². The minimum Gasteiger partial charge on any atom is -0.494 e. The number of carbonyl (C=O) groups excluding carboxylic acids is 1. The van der Waals surface area contributed by atoms with E-state index in [1.54, 1.807) is 0 Å². The number of carbonyl (C=O) groups is 1. The molecule has 0 aliphatic rings. The lowest BCUT2D eigenvalue weighted by Gasteiger charge is -2.11. The van der Waals surface area contributed by atoms with Gasteiger partial charge >= 0.3 is 0 Å². The van der Waals surface area contributed by atoms with Gasteiger partial charge in [-0.2, -0.15) is 5.10 Å². The second-order valence-corrected chi connectivity index (χ2v) is 5.55. The SMILES string of the molecule is CCOc1ccc(CCCC(=O)NC(C)c2ncn[nH]2)cc1C. The molecule has 1 unspecified atom stereocenters. The molecule has 6 heteroatoms. The van der Waals surface area contributed by atoms with Crippen LogP contribution in [-0.4, -0.2) is 27.7 Å². The van der Waals surface area contributed by atoms with Crippen LogP contribution in [0.15, 0.2) is 24.5 Å². The van der Waals surface area contributed by atoms with E-state index in [9.17, 15) is 4.79 Å². The van der Waals surface area contributed by atoms with E-state index < -0.39 is 0 Å². The monoisotopic (exact) mass is 316 g/mol. The molecule has 2 N–H and O–H groups in total. The lowest BCUT2D eigenvalue weighted by atomic mass is 10.0. The Morgan fingerprint density at radius 1 is 1.43 bits per heavy atom. The van der Waals surface area contributed by atoms with Gasteiger partial charge in [0.1, 0.15) is 17.9 Å². The second-order valence-electron chi connectivity index (χ2n) is 5.55. The molecule has 124 valence electrons. The van der Waals surface area contributed by atoms with E-state index in [2.05, 4.69) is 32.6 Å². The van der Waals surface area contributed by atoms with Gasteiger partial charge in [0.05, 0.1) is 12.6 Å². The number of aromatic amines is 1. The van der Waals surface area contributed by atoms with Gasteiger partial charge in [-0.15, -0.1) is 0 Å². The number of nitrogens with zero attached hydrogens (tertiary/aromatic N) is 2. The average Bonchev–Trinajstić information content (AvgIpc) is 3.04. The van der Waals surface area contributed by atoms with E-state index in [4.69, 9.17) is 4.74 Å². The molecule has 0 aliphatic heterocycles. The fraction of sp³-hybridized carbons (Fsp3) is 0.471. The summed E-state index contributed by atoms with van der Waals surface area (Å²) in [6.07, 6.45) is 3.61. The van der Waals surface area contributed by atoms with E-state index in [0.29, 0.717) is 18.9 Å². The maximum absolute atomic E-state index is 12.0. The van der Waals surface area contributed by atoms with Gasteiger partial charge in [-0.25, -0.2) is 4.98 Å². The number of rotatable bonds is 8. The molecule has 0 fully saturated rings. The molecule has 1 aromatic heterocycles. The number of hydrogen-bond acceptors (Lipinski definition) is 4. The van der Waals surface area contributed by atoms with Crippen LogP contribution in [0.2, 0.25) is 0 Å². The Morgan fingerprint density at radius 3 is 2.91 bits per heavy atom. The number of amides is 1. The van der Waals surface area contributed by atoms with Crippen LogP contribution < -0.4 is 10.1 Å².